The first-order valence-corrected chi connectivity index (χ1v) is 7.27. The zero-order valence-corrected chi connectivity index (χ0v) is 12.8. The smallest absolute Gasteiger partial charge is 0.293 e. The molecule has 2 N–H and O–H groups in total. The summed E-state index contributed by atoms with van der Waals surface area (Å²) in [5.74, 6) is 0. The van der Waals surface area contributed by atoms with E-state index in [2.05, 4.69) is 19.2 Å². The average Bonchev–Trinajstić information content (AvgIpc) is 2.54. The number of nitriles is 2. The second-order valence-corrected chi connectivity index (χ2v) is 4.88. The molecule has 116 valence electrons. The maximum Gasteiger partial charge on any atom is 0.293 e. The highest BCUT2D eigenvalue weighted by molar-refractivity contribution is 5.68. The normalized spacial score (nSPS) is 10.0. The fourth-order valence-corrected chi connectivity index (χ4v) is 2.23. The number of nitrogens with zero attached hydrogens (tertiary/aromatic N) is 3. The molecule has 7 nitrogen and oxygen atoms in total. The van der Waals surface area contributed by atoms with Crippen LogP contribution in [0.5, 0.6) is 0 Å². The Balaban J connectivity index is 2.83. The largest absolute Gasteiger partial charge is 0.379 e. The lowest BCUT2D eigenvalue weighted by Crippen LogP contribution is -3.11. The molecule has 0 aromatic heterocycles. The van der Waals surface area contributed by atoms with E-state index in [9.17, 15) is 10.1 Å². The Labute approximate surface area is 129 Å². The topological polar surface area (TPSA) is 107 Å². The highest BCUT2D eigenvalue weighted by Gasteiger charge is 2.18. The molecule has 7 heteroatoms. The Morgan fingerprint density at radius 3 is 2.32 bits per heavy atom. The molecule has 0 bridgehead atoms. The number of benzene rings is 1. The molecule has 0 amide bonds. The van der Waals surface area contributed by atoms with Gasteiger partial charge in [-0.25, -0.2) is 0 Å². The molecule has 0 fully saturated rings. The second kappa shape index (κ2) is 8.60. The molecule has 0 saturated carbocycles. The molecule has 1 aromatic carbocycles. The molecule has 0 spiro atoms. The van der Waals surface area contributed by atoms with E-state index in [0.717, 1.165) is 32.1 Å². The van der Waals surface area contributed by atoms with Gasteiger partial charge in [0.2, 0.25) is 0 Å². The summed E-state index contributed by atoms with van der Waals surface area (Å²) in [5, 5.41) is 32.0. The van der Waals surface area contributed by atoms with Gasteiger partial charge in [0.05, 0.1) is 35.7 Å². The van der Waals surface area contributed by atoms with Gasteiger partial charge in [-0.3, -0.25) is 10.1 Å². The molecule has 0 aliphatic rings. The number of hydrogen-bond donors (Lipinski definition) is 2. The molecule has 0 radical (unpaired) electrons. The summed E-state index contributed by atoms with van der Waals surface area (Å²) in [4.78, 5) is 12.0. The lowest BCUT2D eigenvalue weighted by Gasteiger charge is -2.15. The molecule has 0 aliphatic carbocycles. The number of nitro groups is 1. The van der Waals surface area contributed by atoms with Gasteiger partial charge in [-0.15, -0.1) is 0 Å². The van der Waals surface area contributed by atoms with Crippen LogP contribution in [0.4, 0.5) is 11.4 Å². The van der Waals surface area contributed by atoms with Gasteiger partial charge in [-0.05, 0) is 19.9 Å². The number of rotatable bonds is 8. The summed E-state index contributed by atoms with van der Waals surface area (Å²) < 4.78 is 0. The maximum atomic E-state index is 11.1. The highest BCUT2D eigenvalue weighted by atomic mass is 16.6. The van der Waals surface area contributed by atoms with E-state index in [0.29, 0.717) is 6.54 Å². The van der Waals surface area contributed by atoms with Gasteiger partial charge < -0.3 is 10.2 Å². The van der Waals surface area contributed by atoms with Gasteiger partial charge in [0.25, 0.3) is 5.69 Å². The minimum Gasteiger partial charge on any atom is -0.379 e. The molecule has 0 unspecified atom stereocenters. The predicted octanol–water partition coefficient (Wildman–Crippen LogP) is 1.06. The predicted molar refractivity (Wildman–Crippen MR) is 82.5 cm³/mol. The summed E-state index contributed by atoms with van der Waals surface area (Å²) in [7, 11) is 0. The number of nitro benzene ring substituents is 1. The molecule has 0 atom stereocenters. The highest BCUT2D eigenvalue weighted by Crippen LogP contribution is 2.27. The summed E-state index contributed by atoms with van der Waals surface area (Å²) in [6.45, 7) is 7.91. The Bertz CT molecular complexity index is 612. The number of anilines is 1. The van der Waals surface area contributed by atoms with Crippen molar-refractivity contribution in [1.82, 2.24) is 0 Å². The van der Waals surface area contributed by atoms with Crippen molar-refractivity contribution in [3.8, 4) is 12.1 Å². The minimum atomic E-state index is -0.542. The SMILES string of the molecule is CC[NH+](CC)CCCNc1cc(C#N)c(C#N)cc1[N+](=O)[O-]. The third-order valence-corrected chi connectivity index (χ3v) is 3.60. The van der Waals surface area contributed by atoms with Crippen LogP contribution < -0.4 is 10.2 Å². The Morgan fingerprint density at radius 1 is 1.23 bits per heavy atom. The summed E-state index contributed by atoms with van der Waals surface area (Å²) >= 11 is 0. The first kappa shape index (κ1) is 17.4. The second-order valence-electron chi connectivity index (χ2n) is 4.88. The molecule has 22 heavy (non-hydrogen) atoms. The average molecular weight is 302 g/mol. The van der Waals surface area contributed by atoms with Gasteiger partial charge in [-0.1, -0.05) is 0 Å². The lowest BCUT2D eigenvalue weighted by atomic mass is 10.1. The molecular formula is C15H20N5O2+. The third kappa shape index (κ3) is 4.44. The molecule has 0 saturated heterocycles. The van der Waals surface area contributed by atoms with E-state index in [-0.39, 0.29) is 22.5 Å². The van der Waals surface area contributed by atoms with Crippen LogP contribution in [0.15, 0.2) is 12.1 Å². The van der Waals surface area contributed by atoms with E-state index in [1.54, 1.807) is 0 Å². The number of quaternary nitrogens is 1. The van der Waals surface area contributed by atoms with Crippen LogP contribution in [0.3, 0.4) is 0 Å². The van der Waals surface area contributed by atoms with E-state index < -0.39 is 4.92 Å². The van der Waals surface area contributed by atoms with Crippen molar-refractivity contribution in [2.45, 2.75) is 20.3 Å². The molecule has 0 aliphatic heterocycles. The monoisotopic (exact) mass is 302 g/mol. The van der Waals surface area contributed by atoms with Crippen molar-refractivity contribution < 1.29 is 9.82 Å². The zero-order valence-electron chi connectivity index (χ0n) is 12.8. The lowest BCUT2D eigenvalue weighted by molar-refractivity contribution is -0.896. The molecule has 1 rings (SSSR count). The zero-order chi connectivity index (χ0) is 16.5. The van der Waals surface area contributed by atoms with Crippen LogP contribution >= 0.6 is 0 Å². The summed E-state index contributed by atoms with van der Waals surface area (Å²) in [5.41, 5.74) is 0.276. The van der Waals surface area contributed by atoms with Crippen molar-refractivity contribution in [3.05, 3.63) is 33.4 Å². The minimum absolute atomic E-state index is 0.0207. The van der Waals surface area contributed by atoms with E-state index in [4.69, 9.17) is 10.5 Å². The van der Waals surface area contributed by atoms with Crippen molar-refractivity contribution in [2.75, 3.05) is 31.5 Å². The fourth-order valence-electron chi connectivity index (χ4n) is 2.23. The molecular weight excluding hydrogens is 282 g/mol. The number of nitrogens with one attached hydrogen (secondary N) is 2. The molecule has 1 aromatic rings. The Morgan fingerprint density at radius 2 is 1.82 bits per heavy atom. The van der Waals surface area contributed by atoms with Gasteiger partial charge in [-0.2, -0.15) is 10.5 Å². The van der Waals surface area contributed by atoms with Crippen molar-refractivity contribution in [1.29, 1.82) is 10.5 Å². The first-order chi connectivity index (χ1) is 10.6. The third-order valence-electron chi connectivity index (χ3n) is 3.60. The fraction of sp³-hybridized carbons (Fsp3) is 0.467. The van der Waals surface area contributed by atoms with E-state index in [1.807, 2.05) is 12.1 Å². The van der Waals surface area contributed by atoms with Gasteiger partial charge in [0, 0.05) is 19.0 Å². The first-order valence-electron chi connectivity index (χ1n) is 7.27. The number of hydrogen-bond acceptors (Lipinski definition) is 5. The van der Waals surface area contributed by atoms with E-state index >= 15 is 0 Å². The summed E-state index contributed by atoms with van der Waals surface area (Å²) in [6.07, 6.45) is 0.871. The van der Waals surface area contributed by atoms with E-state index in [1.165, 1.54) is 11.0 Å². The van der Waals surface area contributed by atoms with Crippen molar-refractivity contribution >= 4 is 11.4 Å². The van der Waals surface area contributed by atoms with Crippen LogP contribution in [0.25, 0.3) is 0 Å². The van der Waals surface area contributed by atoms with Crippen LogP contribution in [0.1, 0.15) is 31.4 Å². The van der Waals surface area contributed by atoms with Crippen LogP contribution in [0.2, 0.25) is 0 Å². The standard InChI is InChI=1S/C15H19N5O2/c1-3-19(4-2)7-5-6-18-14-8-12(10-16)13(11-17)9-15(14)20(21)22/h8-9,18H,3-7H2,1-2H3/p+1. The van der Waals surface area contributed by atoms with Crippen molar-refractivity contribution in [3.63, 3.8) is 0 Å². The maximum absolute atomic E-state index is 11.1. The van der Waals surface area contributed by atoms with Crippen LogP contribution in [-0.4, -0.2) is 31.1 Å². The summed E-state index contributed by atoms with van der Waals surface area (Å²) in [6, 6.07) is 6.22. The van der Waals surface area contributed by atoms with Crippen molar-refractivity contribution in [2.24, 2.45) is 0 Å². The Hall–Kier alpha value is -2.64. The van der Waals surface area contributed by atoms with Gasteiger partial charge in [0.1, 0.15) is 17.8 Å². The van der Waals surface area contributed by atoms with Gasteiger partial charge >= 0.3 is 0 Å². The van der Waals surface area contributed by atoms with Crippen LogP contribution in [-0.2, 0) is 0 Å². The Kier molecular flexibility index (Phi) is 6.81. The van der Waals surface area contributed by atoms with Crippen LogP contribution in [0, 0.1) is 32.8 Å². The quantitative estimate of drug-likeness (QED) is 0.424. The molecule has 0 heterocycles. The van der Waals surface area contributed by atoms with Gasteiger partial charge in [0.15, 0.2) is 0 Å².